The molecular weight excluding hydrogens is 368 g/mol. The second-order valence-corrected chi connectivity index (χ2v) is 6.28. The minimum atomic E-state index is -2.22. The number of hydrogen-bond acceptors (Lipinski definition) is 5. The number of carbonyl (C=O) groups is 1. The number of amides is 1. The van der Waals surface area contributed by atoms with Crippen LogP contribution in [-0.2, 0) is 11.1 Å². The predicted molar refractivity (Wildman–Crippen MR) is 104 cm³/mol. The van der Waals surface area contributed by atoms with E-state index in [1.165, 1.54) is 36.4 Å². The highest BCUT2D eigenvalue weighted by molar-refractivity contribution is 7.79. The van der Waals surface area contributed by atoms with Crippen LogP contribution >= 0.6 is 0 Å². The van der Waals surface area contributed by atoms with Crippen LogP contribution in [0.25, 0.3) is 0 Å². The van der Waals surface area contributed by atoms with Crippen molar-refractivity contribution in [3.63, 3.8) is 0 Å². The van der Waals surface area contributed by atoms with Crippen LogP contribution in [-0.4, -0.2) is 24.9 Å². The largest absolute Gasteiger partial charge is 0.508 e. The van der Waals surface area contributed by atoms with Crippen molar-refractivity contribution >= 4 is 28.4 Å². The van der Waals surface area contributed by atoms with E-state index in [1.54, 1.807) is 36.4 Å². The van der Waals surface area contributed by atoms with Crippen molar-refractivity contribution in [2.24, 2.45) is 0 Å². The van der Waals surface area contributed by atoms with Crippen molar-refractivity contribution in [1.29, 1.82) is 0 Å². The smallest absolute Gasteiger partial charge is 0.256 e. The third kappa shape index (κ3) is 6.14. The summed E-state index contributed by atoms with van der Waals surface area (Å²) in [6, 6.07) is 18.4. The molecule has 1 unspecified atom stereocenters. The highest BCUT2D eigenvalue weighted by atomic mass is 32.2. The number of nitrogens with one attached hydrogen (secondary N) is 1. The first kappa shape index (κ1) is 20.0. The third-order valence-corrected chi connectivity index (χ3v) is 4.07. The Balaban J connectivity index is 0.000000273. The molecule has 27 heavy (non-hydrogen) atoms. The normalized spacial score (nSPS) is 11.0. The van der Waals surface area contributed by atoms with E-state index < -0.39 is 17.0 Å². The Labute approximate surface area is 158 Å². The summed E-state index contributed by atoms with van der Waals surface area (Å²) in [5.74, 6) is -0.141. The van der Waals surface area contributed by atoms with Crippen LogP contribution in [0.4, 0.5) is 11.4 Å². The molecule has 6 N–H and O–H groups in total. The molecule has 0 saturated carbocycles. The number of nitrogen functional groups attached to an aromatic ring is 1. The monoisotopic (exact) mass is 386 g/mol. The first-order valence-corrected chi connectivity index (χ1v) is 8.82. The van der Waals surface area contributed by atoms with Crippen molar-refractivity contribution in [3.05, 3.63) is 78.4 Å². The Morgan fingerprint density at radius 3 is 1.89 bits per heavy atom. The molecule has 0 saturated heterocycles. The highest BCUT2D eigenvalue weighted by Gasteiger charge is 2.14. The highest BCUT2D eigenvalue weighted by Crippen LogP contribution is 2.17. The van der Waals surface area contributed by atoms with Gasteiger partial charge in [-0.3, -0.25) is 4.79 Å². The molecule has 7 nitrogen and oxygen atoms in total. The molecule has 0 aliphatic carbocycles. The van der Waals surface area contributed by atoms with Gasteiger partial charge in [-0.15, -0.1) is 0 Å². The second-order valence-electron chi connectivity index (χ2n) is 5.34. The van der Waals surface area contributed by atoms with Crippen LogP contribution < -0.4 is 11.1 Å². The molecule has 3 aromatic rings. The number of benzene rings is 3. The molecule has 3 aromatic carbocycles. The minimum Gasteiger partial charge on any atom is -0.508 e. The molecule has 8 heteroatoms. The lowest BCUT2D eigenvalue weighted by atomic mass is 10.2. The topological polar surface area (TPSA) is 133 Å². The van der Waals surface area contributed by atoms with Crippen molar-refractivity contribution < 1.29 is 23.8 Å². The van der Waals surface area contributed by atoms with Crippen LogP contribution in [0, 0.1) is 0 Å². The summed E-state index contributed by atoms with van der Waals surface area (Å²) in [6.07, 6.45) is 0. The number of carbonyl (C=O) groups excluding carboxylic acids is 1. The van der Waals surface area contributed by atoms with Gasteiger partial charge in [-0.2, -0.15) is 0 Å². The first-order chi connectivity index (χ1) is 12.9. The van der Waals surface area contributed by atoms with Gasteiger partial charge in [-0.25, -0.2) is 4.21 Å². The fourth-order valence-electron chi connectivity index (χ4n) is 2.02. The van der Waals surface area contributed by atoms with E-state index in [9.17, 15) is 9.00 Å². The molecule has 3 rings (SSSR count). The van der Waals surface area contributed by atoms with E-state index in [4.69, 9.17) is 20.5 Å². The summed E-state index contributed by atoms with van der Waals surface area (Å²) in [4.78, 5) is 12.1. The van der Waals surface area contributed by atoms with Crippen LogP contribution in [0.5, 0.6) is 11.5 Å². The van der Waals surface area contributed by atoms with Gasteiger partial charge in [0.1, 0.15) is 11.5 Å². The van der Waals surface area contributed by atoms with Crippen molar-refractivity contribution in [2.75, 3.05) is 11.1 Å². The number of nitrogens with two attached hydrogens (primary N) is 1. The summed E-state index contributed by atoms with van der Waals surface area (Å²) in [6.45, 7) is 0. The zero-order valence-electron chi connectivity index (χ0n) is 14.1. The minimum absolute atomic E-state index is 0.0544. The van der Waals surface area contributed by atoms with E-state index in [-0.39, 0.29) is 22.0 Å². The van der Waals surface area contributed by atoms with Gasteiger partial charge in [0, 0.05) is 11.4 Å². The third-order valence-electron chi connectivity index (χ3n) is 3.34. The van der Waals surface area contributed by atoms with Crippen LogP contribution in [0.1, 0.15) is 10.4 Å². The van der Waals surface area contributed by atoms with Gasteiger partial charge in [-0.05, 0) is 60.7 Å². The predicted octanol–water partition coefficient (Wildman–Crippen LogP) is 3.20. The standard InChI is InChI=1S/C13H11NO4S.C6H7NO/c15-10-7-5-9(6-8-10)14-13(16)11-3-1-2-4-12(11)19(17)18;7-5-1-3-6(8)4-2-5/h1-8,15H,(H,14,16)(H,17,18);1-4,8H,7H2. The number of phenols is 2. The van der Waals surface area contributed by atoms with Crippen LogP contribution in [0.15, 0.2) is 77.7 Å². The molecule has 0 fully saturated rings. The Bertz CT molecular complexity index is 907. The Morgan fingerprint density at radius 1 is 0.852 bits per heavy atom. The quantitative estimate of drug-likeness (QED) is 0.267. The average Bonchev–Trinajstić information content (AvgIpc) is 2.66. The van der Waals surface area contributed by atoms with E-state index in [0.29, 0.717) is 11.4 Å². The first-order valence-electron chi connectivity index (χ1n) is 7.71. The summed E-state index contributed by atoms with van der Waals surface area (Å²) < 4.78 is 20.2. The van der Waals surface area contributed by atoms with E-state index in [0.717, 1.165) is 0 Å². The van der Waals surface area contributed by atoms with Gasteiger partial charge in [0.2, 0.25) is 0 Å². The van der Waals surface area contributed by atoms with Crippen LogP contribution in [0.2, 0.25) is 0 Å². The Hall–Kier alpha value is -3.36. The maximum Gasteiger partial charge on any atom is 0.256 e. The lowest BCUT2D eigenvalue weighted by Crippen LogP contribution is -2.14. The lowest BCUT2D eigenvalue weighted by Gasteiger charge is -2.07. The van der Waals surface area contributed by atoms with E-state index in [1.807, 2.05) is 0 Å². The second kappa shape index (κ2) is 9.37. The fourth-order valence-corrected chi connectivity index (χ4v) is 2.57. The molecule has 1 amide bonds. The van der Waals surface area contributed by atoms with Gasteiger partial charge >= 0.3 is 0 Å². The average molecular weight is 386 g/mol. The number of phenolic OH excluding ortho intramolecular Hbond substituents is 2. The molecule has 0 aliphatic heterocycles. The van der Waals surface area contributed by atoms with Gasteiger partial charge < -0.3 is 25.8 Å². The maximum atomic E-state index is 12.0. The zero-order valence-corrected chi connectivity index (χ0v) is 14.9. The van der Waals surface area contributed by atoms with Gasteiger partial charge in [-0.1, -0.05) is 12.1 Å². The number of hydrogen-bond donors (Lipinski definition) is 5. The molecule has 140 valence electrons. The summed E-state index contributed by atoms with van der Waals surface area (Å²) in [7, 11) is 0. The molecule has 1 atom stereocenters. The molecule has 0 aromatic heterocycles. The van der Waals surface area contributed by atoms with Gasteiger partial charge in [0.25, 0.3) is 5.91 Å². The van der Waals surface area contributed by atoms with Crippen molar-refractivity contribution in [1.82, 2.24) is 0 Å². The van der Waals surface area contributed by atoms with E-state index in [2.05, 4.69) is 5.32 Å². The summed E-state index contributed by atoms with van der Waals surface area (Å²) in [5, 5.41) is 20.4. The molecule has 0 spiro atoms. The van der Waals surface area contributed by atoms with Crippen molar-refractivity contribution in [3.8, 4) is 11.5 Å². The zero-order chi connectivity index (χ0) is 19.8. The van der Waals surface area contributed by atoms with E-state index >= 15 is 0 Å². The summed E-state index contributed by atoms with van der Waals surface area (Å²) >= 11 is -2.22. The SMILES string of the molecule is Nc1ccc(O)cc1.O=C(Nc1ccc(O)cc1)c1ccccc1S(=O)O. The molecular formula is C19H18N2O5S. The van der Waals surface area contributed by atoms with Crippen molar-refractivity contribution in [2.45, 2.75) is 4.90 Å². The molecule has 0 bridgehead atoms. The Morgan fingerprint density at radius 2 is 1.37 bits per heavy atom. The fraction of sp³-hybridized carbons (Fsp3) is 0. The molecule has 0 heterocycles. The van der Waals surface area contributed by atoms with Gasteiger partial charge in [0.05, 0.1) is 10.5 Å². The number of aromatic hydroxyl groups is 2. The lowest BCUT2D eigenvalue weighted by molar-refractivity contribution is 0.102. The molecule has 0 aliphatic rings. The molecule has 0 radical (unpaired) electrons. The number of anilines is 2. The Kier molecular flexibility index (Phi) is 6.93. The maximum absolute atomic E-state index is 12.0. The van der Waals surface area contributed by atoms with Crippen LogP contribution in [0.3, 0.4) is 0 Å². The van der Waals surface area contributed by atoms with Gasteiger partial charge in [0.15, 0.2) is 11.1 Å². The number of rotatable bonds is 3. The summed E-state index contributed by atoms with van der Waals surface area (Å²) in [5.41, 5.74) is 6.61.